The van der Waals surface area contributed by atoms with Crippen LogP contribution in [-0.4, -0.2) is 29.7 Å². The van der Waals surface area contributed by atoms with Crippen LogP contribution in [-0.2, 0) is 4.74 Å². The minimum Gasteiger partial charge on any atom is -0.469 e. The molecule has 34 heavy (non-hydrogen) atoms. The molecule has 1 aromatic heterocycles. The van der Waals surface area contributed by atoms with Gasteiger partial charge in [-0.25, -0.2) is 4.99 Å². The van der Waals surface area contributed by atoms with Gasteiger partial charge < -0.3 is 14.2 Å². The van der Waals surface area contributed by atoms with Crippen molar-refractivity contribution < 1.29 is 14.2 Å². The predicted octanol–water partition coefficient (Wildman–Crippen LogP) is 4.03. The SMILES string of the molecule is CC1(C)CN=C(c2cncc(-c3cc4c5c(c3)Oc3ccccc3B5c3ccccc3O4)c2)O1. The van der Waals surface area contributed by atoms with E-state index >= 15 is 0 Å². The number of rotatable bonds is 2. The van der Waals surface area contributed by atoms with Crippen molar-refractivity contribution >= 4 is 29.0 Å². The molecule has 0 saturated carbocycles. The number of nitrogens with zero attached hydrogens (tertiary/aromatic N) is 2. The van der Waals surface area contributed by atoms with Crippen LogP contribution >= 0.6 is 0 Å². The second kappa shape index (κ2) is 6.97. The van der Waals surface area contributed by atoms with Crippen LogP contribution in [0, 0.1) is 0 Å². The Hall–Kier alpha value is -4.06. The van der Waals surface area contributed by atoms with Gasteiger partial charge in [0.1, 0.15) is 28.6 Å². The molecule has 0 unspecified atom stereocenters. The van der Waals surface area contributed by atoms with Crippen LogP contribution in [0.2, 0.25) is 0 Å². The zero-order valence-electron chi connectivity index (χ0n) is 18.9. The first kappa shape index (κ1) is 19.4. The second-order valence-electron chi connectivity index (χ2n) is 9.54. The third-order valence-corrected chi connectivity index (χ3v) is 6.59. The number of para-hydroxylation sites is 2. The lowest BCUT2D eigenvalue weighted by molar-refractivity contribution is 0.131. The number of ether oxygens (including phenoxy) is 3. The van der Waals surface area contributed by atoms with Gasteiger partial charge in [-0.15, -0.1) is 0 Å². The van der Waals surface area contributed by atoms with Gasteiger partial charge in [0.25, 0.3) is 6.71 Å². The number of benzene rings is 3. The molecule has 0 radical (unpaired) electrons. The monoisotopic (exact) mass is 444 g/mol. The largest absolute Gasteiger partial charge is 0.469 e. The Morgan fingerprint density at radius 1 is 0.735 bits per heavy atom. The zero-order valence-corrected chi connectivity index (χ0v) is 18.9. The molecule has 0 spiro atoms. The summed E-state index contributed by atoms with van der Waals surface area (Å²) < 4.78 is 18.8. The van der Waals surface area contributed by atoms with Gasteiger partial charge in [0.2, 0.25) is 5.90 Å². The molecule has 0 amide bonds. The van der Waals surface area contributed by atoms with Crippen LogP contribution < -0.4 is 25.9 Å². The molecule has 4 aromatic rings. The van der Waals surface area contributed by atoms with E-state index < -0.39 is 0 Å². The Labute approximate surface area is 198 Å². The molecule has 4 heterocycles. The minimum atomic E-state index is -0.293. The number of pyridine rings is 1. The average molecular weight is 444 g/mol. The molecule has 0 bridgehead atoms. The minimum absolute atomic E-state index is 0.0712. The van der Waals surface area contributed by atoms with Crippen molar-refractivity contribution in [2.45, 2.75) is 19.4 Å². The summed E-state index contributed by atoms with van der Waals surface area (Å²) in [6, 6.07) is 22.7. The van der Waals surface area contributed by atoms with E-state index in [2.05, 4.69) is 52.4 Å². The van der Waals surface area contributed by atoms with Gasteiger partial charge >= 0.3 is 0 Å². The molecular formula is C28H21BN2O3. The van der Waals surface area contributed by atoms with E-state index in [1.54, 1.807) is 6.20 Å². The number of aromatic nitrogens is 1. The van der Waals surface area contributed by atoms with Gasteiger partial charge in [-0.3, -0.25) is 4.98 Å². The van der Waals surface area contributed by atoms with Crippen molar-refractivity contribution in [3.8, 4) is 34.1 Å². The van der Waals surface area contributed by atoms with E-state index in [0.717, 1.165) is 56.1 Å². The first-order valence-electron chi connectivity index (χ1n) is 11.5. The molecule has 0 N–H and O–H groups in total. The Morgan fingerprint density at radius 2 is 1.35 bits per heavy atom. The fourth-order valence-corrected chi connectivity index (χ4v) is 5.01. The maximum atomic E-state index is 6.41. The lowest BCUT2D eigenvalue weighted by atomic mass is 9.35. The highest BCUT2D eigenvalue weighted by Gasteiger charge is 2.40. The van der Waals surface area contributed by atoms with Gasteiger partial charge in [-0.2, -0.15) is 0 Å². The topological polar surface area (TPSA) is 52.9 Å². The van der Waals surface area contributed by atoms with Crippen molar-refractivity contribution in [2.75, 3.05) is 6.54 Å². The van der Waals surface area contributed by atoms with E-state index in [4.69, 9.17) is 14.2 Å². The summed E-state index contributed by atoms with van der Waals surface area (Å²) in [4.78, 5) is 9.05. The normalized spacial score (nSPS) is 16.3. The Kier molecular flexibility index (Phi) is 3.98. The Balaban J connectivity index is 1.37. The summed E-state index contributed by atoms with van der Waals surface area (Å²) in [5.41, 5.74) is 5.87. The average Bonchev–Trinajstić information content (AvgIpc) is 3.23. The lowest BCUT2D eigenvalue weighted by Gasteiger charge is -2.33. The van der Waals surface area contributed by atoms with Gasteiger partial charge in [0.15, 0.2) is 0 Å². The summed E-state index contributed by atoms with van der Waals surface area (Å²) in [6.45, 7) is 4.78. The highest BCUT2D eigenvalue weighted by atomic mass is 16.5. The van der Waals surface area contributed by atoms with Crippen molar-refractivity contribution in [1.29, 1.82) is 0 Å². The molecular weight excluding hydrogens is 423 g/mol. The molecule has 6 heteroatoms. The highest BCUT2D eigenvalue weighted by Crippen LogP contribution is 2.38. The van der Waals surface area contributed by atoms with Gasteiger partial charge in [0.05, 0.1) is 12.1 Å². The van der Waals surface area contributed by atoms with Crippen LogP contribution in [0.4, 0.5) is 0 Å². The number of hydrogen-bond acceptors (Lipinski definition) is 5. The second-order valence-corrected chi connectivity index (χ2v) is 9.54. The summed E-state index contributed by atoms with van der Waals surface area (Å²) in [6.07, 6.45) is 3.64. The van der Waals surface area contributed by atoms with Gasteiger partial charge in [-0.1, -0.05) is 36.4 Å². The maximum absolute atomic E-state index is 6.41. The molecule has 3 aliphatic rings. The van der Waals surface area contributed by atoms with E-state index in [-0.39, 0.29) is 12.3 Å². The van der Waals surface area contributed by atoms with Crippen LogP contribution in [0.25, 0.3) is 11.1 Å². The number of hydrogen-bond donors (Lipinski definition) is 0. The first-order valence-corrected chi connectivity index (χ1v) is 11.5. The zero-order chi connectivity index (χ0) is 22.9. The van der Waals surface area contributed by atoms with E-state index in [0.29, 0.717) is 12.4 Å². The standard InChI is InChI=1S/C28H21BN2O3/c1-28(2)16-31-27(34-28)19-11-18(14-30-15-19)17-12-24-26-25(13-17)33-23-10-6-4-8-21(23)29(26)20-7-3-5-9-22(20)32-24/h3-15H,16H2,1-2H3. The third-order valence-electron chi connectivity index (χ3n) is 6.59. The first-order chi connectivity index (χ1) is 16.6. The summed E-state index contributed by atoms with van der Waals surface area (Å²) in [5.74, 6) is 4.01. The third kappa shape index (κ3) is 2.95. The van der Waals surface area contributed by atoms with E-state index in [9.17, 15) is 0 Å². The number of fused-ring (bicyclic) bond motifs is 4. The molecule has 0 fully saturated rings. The Morgan fingerprint density at radius 3 is 1.97 bits per heavy atom. The van der Waals surface area contributed by atoms with Crippen LogP contribution in [0.1, 0.15) is 19.4 Å². The molecule has 164 valence electrons. The summed E-state index contributed by atoms with van der Waals surface area (Å²) in [5, 5.41) is 0. The van der Waals surface area contributed by atoms with Crippen molar-refractivity contribution in [1.82, 2.24) is 4.98 Å². The van der Waals surface area contributed by atoms with E-state index in [1.165, 1.54) is 0 Å². The molecule has 3 aromatic carbocycles. The van der Waals surface area contributed by atoms with Crippen molar-refractivity contribution in [2.24, 2.45) is 4.99 Å². The fraction of sp³-hybridized carbons (Fsp3) is 0.143. The molecule has 7 rings (SSSR count). The smallest absolute Gasteiger partial charge is 0.260 e. The summed E-state index contributed by atoms with van der Waals surface area (Å²) >= 11 is 0. The molecule has 5 nitrogen and oxygen atoms in total. The molecule has 0 atom stereocenters. The predicted molar refractivity (Wildman–Crippen MR) is 134 cm³/mol. The van der Waals surface area contributed by atoms with Crippen molar-refractivity contribution in [3.05, 3.63) is 84.7 Å². The summed E-state index contributed by atoms with van der Waals surface area (Å²) in [7, 11) is 0. The van der Waals surface area contributed by atoms with Gasteiger partial charge in [0, 0.05) is 23.4 Å². The fourth-order valence-electron chi connectivity index (χ4n) is 5.01. The van der Waals surface area contributed by atoms with Crippen LogP contribution in [0.5, 0.6) is 23.0 Å². The number of aliphatic imine (C=N–C) groups is 1. The Bertz CT molecular complexity index is 1440. The molecule has 3 aliphatic heterocycles. The van der Waals surface area contributed by atoms with Crippen LogP contribution in [0.3, 0.4) is 0 Å². The van der Waals surface area contributed by atoms with Crippen molar-refractivity contribution in [3.63, 3.8) is 0 Å². The van der Waals surface area contributed by atoms with E-state index in [1.807, 2.05) is 44.3 Å². The highest BCUT2D eigenvalue weighted by molar-refractivity contribution is 6.98. The quantitative estimate of drug-likeness (QED) is 0.379. The molecule has 0 aliphatic carbocycles. The van der Waals surface area contributed by atoms with Gasteiger partial charge in [-0.05, 0) is 60.7 Å². The molecule has 0 saturated heterocycles. The maximum Gasteiger partial charge on any atom is 0.260 e. The van der Waals surface area contributed by atoms with Crippen LogP contribution in [0.15, 0.2) is 84.1 Å². The lowest BCUT2D eigenvalue weighted by Crippen LogP contribution is -2.57.